The first-order valence-electron chi connectivity index (χ1n) is 8.01. The molecule has 24 heavy (non-hydrogen) atoms. The molecule has 2 unspecified atom stereocenters. The van der Waals surface area contributed by atoms with Crippen LogP contribution in [0.1, 0.15) is 18.4 Å². The first kappa shape index (κ1) is 16.3. The van der Waals surface area contributed by atoms with E-state index in [1.807, 2.05) is 12.1 Å². The molecule has 2 aliphatic rings. The lowest BCUT2D eigenvalue weighted by atomic mass is 9.75. The van der Waals surface area contributed by atoms with Crippen molar-refractivity contribution in [1.82, 2.24) is 0 Å². The number of fused-ring (bicyclic) bond motifs is 1. The van der Waals surface area contributed by atoms with Crippen LogP contribution >= 0.6 is 0 Å². The molecule has 1 aliphatic heterocycles. The maximum Gasteiger partial charge on any atom is 0.411 e. The molecule has 0 radical (unpaired) electrons. The molecular formula is C19H21NO4. The highest BCUT2D eigenvalue weighted by Crippen LogP contribution is 2.52. The van der Waals surface area contributed by atoms with Crippen LogP contribution in [0, 0.1) is 11.3 Å². The normalized spacial score (nSPS) is 25.1. The van der Waals surface area contributed by atoms with Crippen LogP contribution in [0.2, 0.25) is 0 Å². The van der Waals surface area contributed by atoms with E-state index in [4.69, 9.17) is 9.47 Å². The van der Waals surface area contributed by atoms with Gasteiger partial charge in [-0.25, -0.2) is 4.79 Å². The highest BCUT2D eigenvalue weighted by Gasteiger charge is 2.55. The number of anilines is 1. The van der Waals surface area contributed by atoms with Gasteiger partial charge in [-0.2, -0.15) is 0 Å². The molecule has 126 valence electrons. The van der Waals surface area contributed by atoms with E-state index < -0.39 is 11.5 Å². The van der Waals surface area contributed by atoms with Crippen LogP contribution in [-0.2, 0) is 20.7 Å². The second-order valence-electron chi connectivity index (χ2n) is 6.47. The van der Waals surface area contributed by atoms with Gasteiger partial charge in [0, 0.05) is 11.6 Å². The quantitative estimate of drug-likeness (QED) is 0.664. The van der Waals surface area contributed by atoms with Gasteiger partial charge in [-0.05, 0) is 37.0 Å². The third kappa shape index (κ3) is 3.07. The van der Waals surface area contributed by atoms with E-state index in [0.29, 0.717) is 25.1 Å². The maximum atomic E-state index is 12.3. The lowest BCUT2D eigenvalue weighted by Gasteiger charge is -2.24. The number of carbonyl (C=O) groups is 2. The number of amides is 1. The molecule has 1 aliphatic carbocycles. The standard InChI is InChI=1S/C19H21NO4/c1-3-8-23-18(22)20-16-6-4-14(5-7-16)11-19-10-13(2)9-15(19)12-24-17(19)21/h3-7,15H,1-2,8-12H2,(H,20,22). The fourth-order valence-electron chi connectivity index (χ4n) is 3.62. The number of nitrogens with one attached hydrogen (secondary N) is 1. The summed E-state index contributed by atoms with van der Waals surface area (Å²) >= 11 is 0. The molecule has 1 aromatic rings. The Balaban J connectivity index is 1.68. The predicted molar refractivity (Wildman–Crippen MR) is 90.6 cm³/mol. The van der Waals surface area contributed by atoms with Crippen LogP contribution in [0.5, 0.6) is 0 Å². The minimum absolute atomic E-state index is 0.110. The first-order valence-corrected chi connectivity index (χ1v) is 8.01. The summed E-state index contributed by atoms with van der Waals surface area (Å²) in [5.74, 6) is 0.116. The van der Waals surface area contributed by atoms with Crippen molar-refractivity contribution in [3.8, 4) is 0 Å². The van der Waals surface area contributed by atoms with E-state index in [2.05, 4.69) is 18.5 Å². The van der Waals surface area contributed by atoms with Gasteiger partial charge in [-0.15, -0.1) is 0 Å². The number of rotatable bonds is 5. The zero-order chi connectivity index (χ0) is 17.2. The van der Waals surface area contributed by atoms with Crippen molar-refractivity contribution in [3.05, 3.63) is 54.6 Å². The summed E-state index contributed by atoms with van der Waals surface area (Å²) in [6, 6.07) is 7.45. The van der Waals surface area contributed by atoms with E-state index >= 15 is 0 Å². The minimum atomic E-state index is -0.521. The molecule has 1 saturated heterocycles. The second kappa shape index (κ2) is 6.51. The molecule has 3 rings (SSSR count). The lowest BCUT2D eigenvalue weighted by molar-refractivity contribution is -0.146. The summed E-state index contributed by atoms with van der Waals surface area (Å²) in [4.78, 5) is 23.8. The Morgan fingerprint density at radius 1 is 1.42 bits per heavy atom. The monoisotopic (exact) mass is 327 g/mol. The summed E-state index contributed by atoms with van der Waals surface area (Å²) in [5.41, 5.74) is 2.35. The molecular weight excluding hydrogens is 306 g/mol. The van der Waals surface area contributed by atoms with Crippen LogP contribution < -0.4 is 5.32 Å². The Bertz CT molecular complexity index is 679. The van der Waals surface area contributed by atoms with Gasteiger partial charge < -0.3 is 9.47 Å². The molecule has 1 amide bonds. The third-order valence-electron chi connectivity index (χ3n) is 4.76. The van der Waals surface area contributed by atoms with Gasteiger partial charge in [0.25, 0.3) is 0 Å². The van der Waals surface area contributed by atoms with Gasteiger partial charge in [0.15, 0.2) is 0 Å². The molecule has 1 heterocycles. The minimum Gasteiger partial charge on any atom is -0.465 e. The first-order chi connectivity index (χ1) is 11.5. The average Bonchev–Trinajstić information content (AvgIpc) is 3.02. The van der Waals surface area contributed by atoms with Crippen molar-refractivity contribution in [2.75, 3.05) is 18.5 Å². The Kier molecular flexibility index (Phi) is 4.42. The molecule has 0 bridgehead atoms. The summed E-state index contributed by atoms with van der Waals surface area (Å²) in [7, 11) is 0. The number of hydrogen-bond acceptors (Lipinski definition) is 4. The third-order valence-corrected chi connectivity index (χ3v) is 4.76. The molecule has 2 atom stereocenters. The van der Waals surface area contributed by atoms with Crippen molar-refractivity contribution < 1.29 is 19.1 Å². The van der Waals surface area contributed by atoms with Gasteiger partial charge >= 0.3 is 12.1 Å². The number of cyclic esters (lactones) is 1. The number of allylic oxidation sites excluding steroid dienone is 1. The molecule has 0 spiro atoms. The van der Waals surface area contributed by atoms with Gasteiger partial charge in [0.05, 0.1) is 12.0 Å². The highest BCUT2D eigenvalue weighted by molar-refractivity contribution is 5.84. The fourth-order valence-corrected chi connectivity index (χ4v) is 3.62. The van der Waals surface area contributed by atoms with Crippen LogP contribution in [0.4, 0.5) is 10.5 Å². The van der Waals surface area contributed by atoms with Crippen LogP contribution in [-0.4, -0.2) is 25.3 Å². The second-order valence-corrected chi connectivity index (χ2v) is 6.47. The van der Waals surface area contributed by atoms with Gasteiger partial charge in [0.2, 0.25) is 0 Å². The molecule has 2 fully saturated rings. The van der Waals surface area contributed by atoms with Crippen molar-refractivity contribution in [1.29, 1.82) is 0 Å². The van der Waals surface area contributed by atoms with Crippen LogP contribution in [0.25, 0.3) is 0 Å². The SMILES string of the molecule is C=CCOC(=O)Nc1ccc(CC23CC(=C)CC2COC3=O)cc1. The van der Waals surface area contributed by atoms with Crippen molar-refractivity contribution in [2.24, 2.45) is 11.3 Å². The number of hydrogen-bond donors (Lipinski definition) is 1. The van der Waals surface area contributed by atoms with Gasteiger partial charge in [-0.1, -0.05) is 36.9 Å². The molecule has 1 aromatic carbocycles. The summed E-state index contributed by atoms with van der Waals surface area (Å²) in [6.07, 6.45) is 3.18. The lowest BCUT2D eigenvalue weighted by Crippen LogP contribution is -2.31. The zero-order valence-electron chi connectivity index (χ0n) is 13.5. The average molecular weight is 327 g/mol. The van der Waals surface area contributed by atoms with Crippen molar-refractivity contribution in [3.63, 3.8) is 0 Å². The smallest absolute Gasteiger partial charge is 0.411 e. The van der Waals surface area contributed by atoms with Crippen molar-refractivity contribution in [2.45, 2.75) is 19.3 Å². The number of ether oxygens (including phenoxy) is 2. The van der Waals surface area contributed by atoms with Gasteiger partial charge in [0.1, 0.15) is 6.61 Å². The van der Waals surface area contributed by atoms with Crippen LogP contribution in [0.15, 0.2) is 49.1 Å². The summed E-state index contributed by atoms with van der Waals surface area (Å²) < 4.78 is 10.2. The fraction of sp³-hybridized carbons (Fsp3) is 0.368. The number of benzene rings is 1. The van der Waals surface area contributed by atoms with E-state index in [0.717, 1.165) is 17.6 Å². The molecule has 1 saturated carbocycles. The molecule has 0 aromatic heterocycles. The summed E-state index contributed by atoms with van der Waals surface area (Å²) in [5, 5.41) is 2.64. The van der Waals surface area contributed by atoms with Crippen molar-refractivity contribution >= 4 is 17.7 Å². The topological polar surface area (TPSA) is 64.6 Å². The largest absolute Gasteiger partial charge is 0.465 e. The summed E-state index contributed by atoms with van der Waals surface area (Å²) in [6.45, 7) is 8.20. The predicted octanol–water partition coefficient (Wildman–Crippen LogP) is 3.47. The highest BCUT2D eigenvalue weighted by atomic mass is 16.5. The molecule has 1 N–H and O–H groups in total. The van der Waals surface area contributed by atoms with Gasteiger partial charge in [-0.3, -0.25) is 10.1 Å². The number of esters is 1. The van der Waals surface area contributed by atoms with E-state index in [-0.39, 0.29) is 18.5 Å². The molecule has 5 heteroatoms. The Morgan fingerprint density at radius 3 is 2.88 bits per heavy atom. The Labute approximate surface area is 141 Å². The van der Waals surface area contributed by atoms with E-state index in [1.165, 1.54) is 6.08 Å². The zero-order valence-corrected chi connectivity index (χ0v) is 13.5. The van der Waals surface area contributed by atoms with Crippen LogP contribution in [0.3, 0.4) is 0 Å². The van der Waals surface area contributed by atoms with E-state index in [9.17, 15) is 9.59 Å². The Hall–Kier alpha value is -2.56. The number of carbonyl (C=O) groups excluding carboxylic acids is 2. The van der Waals surface area contributed by atoms with E-state index in [1.54, 1.807) is 12.1 Å². The Morgan fingerprint density at radius 2 is 2.17 bits per heavy atom. The maximum absolute atomic E-state index is 12.3. The molecule has 5 nitrogen and oxygen atoms in total.